The van der Waals surface area contributed by atoms with E-state index in [2.05, 4.69) is 11.9 Å². The number of nitrogens with zero attached hydrogens (tertiary/aromatic N) is 1. The molecule has 1 aromatic rings. The molecule has 1 aromatic heterocycles. The van der Waals surface area contributed by atoms with E-state index in [1.54, 1.807) is 24.5 Å². The van der Waals surface area contributed by atoms with E-state index in [-0.39, 0.29) is 0 Å². The van der Waals surface area contributed by atoms with Crippen LogP contribution in [0.2, 0.25) is 0 Å². The second-order valence-corrected chi connectivity index (χ2v) is 3.25. The molecule has 53 valence electrons. The molecular weight excluding hydrogens is 146 g/mol. The highest BCUT2D eigenvalue weighted by Crippen LogP contribution is 2.04. The molecule has 0 N–H and O–H groups in total. The third kappa shape index (κ3) is 1.72. The lowest BCUT2D eigenvalue weighted by Crippen LogP contribution is -2.00. The molecule has 3 heteroatoms. The number of hydrogen-bond acceptors (Lipinski definition) is 2. The Morgan fingerprint density at radius 3 is 2.70 bits per heavy atom. The lowest BCUT2D eigenvalue weighted by Gasteiger charge is -2.01. The minimum absolute atomic E-state index is 0.590. The van der Waals surface area contributed by atoms with E-state index < -0.39 is 11.2 Å². The van der Waals surface area contributed by atoms with Gasteiger partial charge in [0.05, 0.1) is 0 Å². The summed E-state index contributed by atoms with van der Waals surface area (Å²) < 4.78 is 10.8. The first-order valence-corrected chi connectivity index (χ1v) is 4.38. The van der Waals surface area contributed by atoms with Crippen molar-refractivity contribution in [3.05, 3.63) is 30.8 Å². The van der Waals surface area contributed by atoms with E-state index in [1.807, 2.05) is 0 Å². The average molecular weight is 154 g/mol. The first-order valence-electron chi connectivity index (χ1n) is 2.82. The Labute approximate surface area is 63.5 Å². The van der Waals surface area contributed by atoms with E-state index in [0.29, 0.717) is 10.7 Å². The molecule has 1 radical (unpaired) electrons. The number of hydrogen-bond donors (Lipinski definition) is 0. The van der Waals surface area contributed by atoms with Crippen LogP contribution in [0.1, 0.15) is 5.69 Å². The van der Waals surface area contributed by atoms with Gasteiger partial charge in [0.1, 0.15) is 6.26 Å². The highest BCUT2D eigenvalue weighted by atomic mass is 32.2. The van der Waals surface area contributed by atoms with E-state index in [1.165, 1.54) is 0 Å². The van der Waals surface area contributed by atoms with E-state index in [4.69, 9.17) is 0 Å². The van der Waals surface area contributed by atoms with E-state index in [9.17, 15) is 4.55 Å². The maximum Gasteiger partial charge on any atom is 0.244 e. The van der Waals surface area contributed by atoms with Crippen LogP contribution in [0.4, 0.5) is 0 Å². The molecule has 0 aliphatic rings. The van der Waals surface area contributed by atoms with E-state index in [0.717, 1.165) is 0 Å². The molecule has 1 unspecified atom stereocenters. The van der Waals surface area contributed by atoms with Crippen molar-refractivity contribution in [1.82, 2.24) is 4.98 Å². The summed E-state index contributed by atoms with van der Waals surface area (Å²) in [5.74, 6) is 0. The first-order chi connectivity index (χ1) is 4.70. The van der Waals surface area contributed by atoms with Gasteiger partial charge in [-0.05, 0) is 13.0 Å². The van der Waals surface area contributed by atoms with Gasteiger partial charge in [0.15, 0.2) is 0 Å². The van der Waals surface area contributed by atoms with Gasteiger partial charge in [-0.2, -0.15) is 0 Å². The van der Waals surface area contributed by atoms with Gasteiger partial charge in [-0.1, -0.05) is 6.07 Å². The predicted octanol–water partition coefficient (Wildman–Crippen LogP) is 1.00. The molecule has 1 rings (SSSR count). The standard InChI is InChI=1S/C7H8NOS/c1-6-4-3-5-7(8-6)10(2)9/h3-5H,1H2,2H3. The molecule has 0 amide bonds. The maximum absolute atomic E-state index is 10.8. The van der Waals surface area contributed by atoms with Gasteiger partial charge in [-0.15, -0.1) is 0 Å². The fraction of sp³-hybridized carbons (Fsp3) is 0.143. The molecule has 0 bridgehead atoms. The smallest absolute Gasteiger partial charge is 0.244 e. The van der Waals surface area contributed by atoms with E-state index >= 15 is 0 Å². The van der Waals surface area contributed by atoms with Gasteiger partial charge in [0.2, 0.25) is 5.03 Å². The molecule has 1 atom stereocenters. The Morgan fingerprint density at radius 2 is 2.30 bits per heavy atom. The summed E-state index contributed by atoms with van der Waals surface area (Å²) in [5, 5.41) is 0.590. The highest BCUT2D eigenvalue weighted by Gasteiger charge is 2.03. The molecule has 0 fully saturated rings. The molecule has 0 saturated carbocycles. The van der Waals surface area contributed by atoms with Crippen molar-refractivity contribution in [2.75, 3.05) is 6.26 Å². The van der Waals surface area contributed by atoms with Crippen molar-refractivity contribution in [3.8, 4) is 0 Å². The van der Waals surface area contributed by atoms with Gasteiger partial charge >= 0.3 is 0 Å². The fourth-order valence-corrected chi connectivity index (χ4v) is 1.13. The Kier molecular flexibility index (Phi) is 2.29. The van der Waals surface area contributed by atoms with Crippen LogP contribution in [0.3, 0.4) is 0 Å². The molecule has 0 aliphatic heterocycles. The van der Waals surface area contributed by atoms with Gasteiger partial charge in [-0.25, -0.2) is 4.98 Å². The van der Waals surface area contributed by atoms with Gasteiger partial charge < -0.3 is 4.55 Å². The van der Waals surface area contributed by atoms with Crippen molar-refractivity contribution < 1.29 is 4.55 Å². The van der Waals surface area contributed by atoms with Crippen LogP contribution in [-0.4, -0.2) is 15.8 Å². The third-order valence-electron chi connectivity index (χ3n) is 1.08. The summed E-state index contributed by atoms with van der Waals surface area (Å²) in [4.78, 5) is 3.96. The fourth-order valence-electron chi connectivity index (χ4n) is 0.618. The topological polar surface area (TPSA) is 36.0 Å². The molecule has 0 aromatic carbocycles. The van der Waals surface area contributed by atoms with Crippen LogP contribution in [0, 0.1) is 6.92 Å². The molecule has 0 aliphatic carbocycles. The molecule has 10 heavy (non-hydrogen) atoms. The quantitative estimate of drug-likeness (QED) is 0.566. The van der Waals surface area contributed by atoms with Crippen molar-refractivity contribution in [1.29, 1.82) is 0 Å². The Bertz CT molecular complexity index is 225. The van der Waals surface area contributed by atoms with Crippen molar-refractivity contribution in [2.24, 2.45) is 0 Å². The van der Waals surface area contributed by atoms with Crippen LogP contribution >= 0.6 is 0 Å². The lowest BCUT2D eigenvalue weighted by atomic mass is 10.4. The Balaban J connectivity index is 2.96. The summed E-state index contributed by atoms with van der Waals surface area (Å²) in [6.45, 7) is 3.62. The second kappa shape index (κ2) is 3.03. The maximum atomic E-state index is 10.8. The van der Waals surface area contributed by atoms with Crippen LogP contribution in [0.5, 0.6) is 0 Å². The monoisotopic (exact) mass is 154 g/mol. The minimum atomic E-state index is -0.990. The number of rotatable bonds is 1. The molecular formula is C7H8NOS. The predicted molar refractivity (Wildman–Crippen MR) is 41.0 cm³/mol. The van der Waals surface area contributed by atoms with Gasteiger partial charge in [-0.3, -0.25) is 0 Å². The Hall–Kier alpha value is -0.540. The Morgan fingerprint density at radius 1 is 1.60 bits per heavy atom. The summed E-state index contributed by atoms with van der Waals surface area (Å²) in [6, 6.07) is 5.30. The average Bonchev–Trinajstić information content (AvgIpc) is 1.88. The summed E-state index contributed by atoms with van der Waals surface area (Å²) in [7, 11) is 0. The molecule has 0 spiro atoms. The molecule has 2 nitrogen and oxygen atoms in total. The van der Waals surface area contributed by atoms with Crippen molar-refractivity contribution in [3.63, 3.8) is 0 Å². The summed E-state index contributed by atoms with van der Waals surface area (Å²) in [5.41, 5.74) is 0.660. The normalized spacial score (nSPS) is 13.1. The lowest BCUT2D eigenvalue weighted by molar-refractivity contribution is 0.597. The largest absolute Gasteiger partial charge is 0.610 e. The van der Waals surface area contributed by atoms with Crippen LogP contribution < -0.4 is 0 Å². The van der Waals surface area contributed by atoms with Crippen molar-refractivity contribution >= 4 is 11.2 Å². The number of aromatic nitrogens is 1. The SMILES string of the molecule is [CH2]c1cccc([S+](C)[O-])n1. The summed E-state index contributed by atoms with van der Waals surface area (Å²) in [6.07, 6.45) is 1.60. The zero-order valence-corrected chi connectivity index (χ0v) is 6.52. The zero-order chi connectivity index (χ0) is 7.56. The van der Waals surface area contributed by atoms with Crippen LogP contribution in [-0.2, 0) is 11.2 Å². The first kappa shape index (κ1) is 7.57. The summed E-state index contributed by atoms with van der Waals surface area (Å²) >= 11 is -0.990. The molecule has 0 saturated heterocycles. The second-order valence-electron chi connectivity index (χ2n) is 1.92. The highest BCUT2D eigenvalue weighted by molar-refractivity contribution is 7.90. The van der Waals surface area contributed by atoms with Gasteiger partial charge in [0.25, 0.3) is 0 Å². The third-order valence-corrected chi connectivity index (χ3v) is 1.89. The molecule has 1 heterocycles. The van der Waals surface area contributed by atoms with Crippen LogP contribution in [0.15, 0.2) is 23.2 Å². The number of pyridine rings is 1. The van der Waals surface area contributed by atoms with Crippen LogP contribution in [0.25, 0.3) is 0 Å². The van der Waals surface area contributed by atoms with Gasteiger partial charge in [0, 0.05) is 22.9 Å². The minimum Gasteiger partial charge on any atom is -0.610 e. The van der Waals surface area contributed by atoms with Crippen molar-refractivity contribution in [2.45, 2.75) is 5.03 Å². The zero-order valence-electron chi connectivity index (χ0n) is 5.70.